The van der Waals surface area contributed by atoms with E-state index in [4.69, 9.17) is 15.2 Å². The molecule has 0 aromatic heterocycles. The minimum Gasteiger partial charge on any atom is -0.493 e. The number of nitrogen functional groups attached to an aromatic ring is 1. The number of benzene rings is 2. The Kier molecular flexibility index (Phi) is 6.19. The van der Waals surface area contributed by atoms with E-state index in [9.17, 15) is 4.79 Å². The number of amides is 1. The number of carbonyl (C=O) groups is 1. The highest BCUT2D eigenvalue weighted by atomic mass is 16.5. The molecule has 2 rings (SSSR count). The van der Waals surface area contributed by atoms with Gasteiger partial charge in [-0.25, -0.2) is 5.43 Å². The van der Waals surface area contributed by atoms with E-state index in [2.05, 4.69) is 10.5 Å². The first-order valence-electron chi connectivity index (χ1n) is 7.64. The molecular weight excluding hydrogens is 306 g/mol. The molecule has 0 bridgehead atoms. The first-order chi connectivity index (χ1) is 11.7. The molecule has 24 heavy (non-hydrogen) atoms. The SMILES string of the molecule is CCCOc1cc(/C=N\NC(=O)c2ccccc2N)ccc1OC. The average molecular weight is 327 g/mol. The van der Waals surface area contributed by atoms with Gasteiger partial charge in [-0.2, -0.15) is 5.10 Å². The monoisotopic (exact) mass is 327 g/mol. The molecule has 0 aliphatic rings. The van der Waals surface area contributed by atoms with Gasteiger partial charge in [-0.15, -0.1) is 0 Å². The van der Waals surface area contributed by atoms with Crippen molar-refractivity contribution in [1.29, 1.82) is 0 Å². The molecule has 3 N–H and O–H groups in total. The summed E-state index contributed by atoms with van der Waals surface area (Å²) in [4.78, 5) is 12.0. The van der Waals surface area contributed by atoms with Crippen LogP contribution in [0.1, 0.15) is 29.3 Å². The quantitative estimate of drug-likeness (QED) is 0.465. The third-order valence-corrected chi connectivity index (χ3v) is 3.23. The van der Waals surface area contributed by atoms with Crippen LogP contribution in [0, 0.1) is 0 Å². The van der Waals surface area contributed by atoms with Crippen LogP contribution >= 0.6 is 0 Å². The van der Waals surface area contributed by atoms with E-state index >= 15 is 0 Å². The van der Waals surface area contributed by atoms with E-state index in [1.165, 1.54) is 6.21 Å². The molecule has 0 saturated carbocycles. The summed E-state index contributed by atoms with van der Waals surface area (Å²) in [5.41, 5.74) is 9.79. The zero-order valence-electron chi connectivity index (χ0n) is 13.8. The lowest BCUT2D eigenvalue weighted by atomic mass is 10.2. The van der Waals surface area contributed by atoms with Gasteiger partial charge in [-0.1, -0.05) is 19.1 Å². The van der Waals surface area contributed by atoms with Gasteiger partial charge in [0, 0.05) is 5.69 Å². The molecule has 6 nitrogen and oxygen atoms in total. The highest BCUT2D eigenvalue weighted by Gasteiger charge is 2.07. The van der Waals surface area contributed by atoms with Crippen molar-refractivity contribution in [3.63, 3.8) is 0 Å². The van der Waals surface area contributed by atoms with Crippen molar-refractivity contribution in [3.8, 4) is 11.5 Å². The summed E-state index contributed by atoms with van der Waals surface area (Å²) in [5.74, 6) is 0.934. The Hall–Kier alpha value is -3.02. The standard InChI is InChI=1S/C18H21N3O3/c1-3-10-24-17-11-13(8-9-16(17)23-2)12-20-21-18(22)14-6-4-5-7-15(14)19/h4-9,11-12H,3,10,19H2,1-2H3,(H,21,22)/b20-12-. The number of para-hydroxylation sites is 1. The number of nitrogens with two attached hydrogens (primary N) is 1. The smallest absolute Gasteiger partial charge is 0.273 e. The second-order valence-electron chi connectivity index (χ2n) is 5.05. The maximum absolute atomic E-state index is 12.0. The number of carbonyl (C=O) groups excluding carboxylic acids is 1. The van der Waals surface area contributed by atoms with Crippen LogP contribution in [0.2, 0.25) is 0 Å². The molecule has 1 amide bonds. The highest BCUT2D eigenvalue weighted by Crippen LogP contribution is 2.27. The zero-order valence-corrected chi connectivity index (χ0v) is 13.8. The Bertz CT molecular complexity index is 729. The van der Waals surface area contributed by atoms with Crippen molar-refractivity contribution in [2.24, 2.45) is 5.10 Å². The topological polar surface area (TPSA) is 85.9 Å². The van der Waals surface area contributed by atoms with Crippen LogP contribution in [0.15, 0.2) is 47.6 Å². The van der Waals surface area contributed by atoms with E-state index in [0.29, 0.717) is 29.4 Å². The number of rotatable bonds is 7. The molecule has 0 atom stereocenters. The molecule has 0 radical (unpaired) electrons. The third-order valence-electron chi connectivity index (χ3n) is 3.23. The Morgan fingerprint density at radius 1 is 1.25 bits per heavy atom. The maximum atomic E-state index is 12.0. The van der Waals surface area contributed by atoms with Crippen LogP contribution in [-0.4, -0.2) is 25.8 Å². The molecule has 6 heteroatoms. The average Bonchev–Trinajstić information content (AvgIpc) is 2.60. The normalized spacial score (nSPS) is 10.6. The van der Waals surface area contributed by atoms with Gasteiger partial charge in [-0.3, -0.25) is 4.79 Å². The van der Waals surface area contributed by atoms with Crippen molar-refractivity contribution in [2.45, 2.75) is 13.3 Å². The van der Waals surface area contributed by atoms with Gasteiger partial charge < -0.3 is 15.2 Å². The minimum atomic E-state index is -0.361. The third kappa shape index (κ3) is 4.49. The van der Waals surface area contributed by atoms with E-state index in [1.807, 2.05) is 13.0 Å². The first-order valence-corrected chi connectivity index (χ1v) is 7.64. The number of nitrogens with zero attached hydrogens (tertiary/aromatic N) is 1. The molecule has 0 heterocycles. The van der Waals surface area contributed by atoms with Crippen molar-refractivity contribution in [1.82, 2.24) is 5.43 Å². The predicted molar refractivity (Wildman–Crippen MR) is 94.7 cm³/mol. The second kappa shape index (κ2) is 8.57. The molecular formula is C18H21N3O3. The molecule has 0 spiro atoms. The zero-order chi connectivity index (χ0) is 17.4. The molecule has 2 aromatic rings. The van der Waals surface area contributed by atoms with Gasteiger partial charge in [0.25, 0.3) is 5.91 Å². The van der Waals surface area contributed by atoms with Crippen molar-refractivity contribution in [3.05, 3.63) is 53.6 Å². The summed E-state index contributed by atoms with van der Waals surface area (Å²) in [6.45, 7) is 2.63. The summed E-state index contributed by atoms with van der Waals surface area (Å²) in [5, 5.41) is 3.96. The molecule has 126 valence electrons. The van der Waals surface area contributed by atoms with Crippen molar-refractivity contribution >= 4 is 17.8 Å². The van der Waals surface area contributed by atoms with Gasteiger partial charge in [0.15, 0.2) is 11.5 Å². The van der Waals surface area contributed by atoms with Crippen LogP contribution in [0.5, 0.6) is 11.5 Å². The highest BCUT2D eigenvalue weighted by molar-refractivity contribution is 5.99. The fraction of sp³-hybridized carbons (Fsp3) is 0.222. The van der Waals surface area contributed by atoms with Gasteiger partial charge in [0.2, 0.25) is 0 Å². The van der Waals surface area contributed by atoms with Gasteiger partial charge in [0.05, 0.1) is 25.5 Å². The predicted octanol–water partition coefficient (Wildman–Crippen LogP) is 2.83. The largest absolute Gasteiger partial charge is 0.493 e. The number of hydrogen-bond acceptors (Lipinski definition) is 5. The van der Waals surface area contributed by atoms with Gasteiger partial charge in [-0.05, 0) is 42.3 Å². The molecule has 0 unspecified atom stereocenters. The number of methoxy groups -OCH3 is 1. The second-order valence-corrected chi connectivity index (χ2v) is 5.05. The Labute approximate surface area is 141 Å². The first kappa shape index (κ1) is 17.3. The number of nitrogens with one attached hydrogen (secondary N) is 1. The number of hydrogen-bond donors (Lipinski definition) is 2. The van der Waals surface area contributed by atoms with Gasteiger partial charge >= 0.3 is 0 Å². The summed E-state index contributed by atoms with van der Waals surface area (Å²) in [6.07, 6.45) is 2.44. The van der Waals surface area contributed by atoms with E-state index in [1.54, 1.807) is 43.5 Å². The Balaban J connectivity index is 2.06. The lowest BCUT2D eigenvalue weighted by Crippen LogP contribution is -2.19. The van der Waals surface area contributed by atoms with Crippen LogP contribution in [0.4, 0.5) is 5.69 Å². The summed E-state index contributed by atoms with van der Waals surface area (Å²) >= 11 is 0. The Morgan fingerprint density at radius 3 is 2.75 bits per heavy atom. The number of anilines is 1. The van der Waals surface area contributed by atoms with Gasteiger partial charge in [0.1, 0.15) is 0 Å². The summed E-state index contributed by atoms with van der Waals surface area (Å²) in [7, 11) is 1.59. The Morgan fingerprint density at radius 2 is 2.04 bits per heavy atom. The van der Waals surface area contributed by atoms with Crippen molar-refractivity contribution < 1.29 is 14.3 Å². The van der Waals surface area contributed by atoms with E-state index in [0.717, 1.165) is 12.0 Å². The summed E-state index contributed by atoms with van der Waals surface area (Å²) in [6, 6.07) is 12.2. The maximum Gasteiger partial charge on any atom is 0.273 e. The fourth-order valence-corrected chi connectivity index (χ4v) is 2.03. The molecule has 2 aromatic carbocycles. The lowest BCUT2D eigenvalue weighted by Gasteiger charge is -2.10. The molecule has 0 saturated heterocycles. The number of hydrazone groups is 1. The molecule has 0 fully saturated rings. The van der Waals surface area contributed by atoms with E-state index in [-0.39, 0.29) is 5.91 Å². The minimum absolute atomic E-state index is 0.361. The van der Waals surface area contributed by atoms with Crippen LogP contribution < -0.4 is 20.6 Å². The van der Waals surface area contributed by atoms with Crippen LogP contribution in [-0.2, 0) is 0 Å². The fourth-order valence-electron chi connectivity index (χ4n) is 2.03. The lowest BCUT2D eigenvalue weighted by molar-refractivity contribution is 0.0956. The molecule has 0 aliphatic carbocycles. The summed E-state index contributed by atoms with van der Waals surface area (Å²) < 4.78 is 10.9. The van der Waals surface area contributed by atoms with Crippen LogP contribution in [0.25, 0.3) is 0 Å². The number of ether oxygens (including phenoxy) is 2. The van der Waals surface area contributed by atoms with Crippen molar-refractivity contribution in [2.75, 3.05) is 19.5 Å². The van der Waals surface area contributed by atoms with E-state index < -0.39 is 0 Å². The van der Waals surface area contributed by atoms with Crippen LogP contribution in [0.3, 0.4) is 0 Å². The molecule has 0 aliphatic heterocycles.